The molecule has 29 heavy (non-hydrogen) atoms. The first-order valence-corrected chi connectivity index (χ1v) is 9.49. The van der Waals surface area contributed by atoms with Crippen LogP contribution in [-0.4, -0.2) is 40.7 Å². The van der Waals surface area contributed by atoms with Crippen molar-refractivity contribution in [3.8, 4) is 5.75 Å². The number of aliphatic hydroxyl groups is 2. The Morgan fingerprint density at radius 3 is 2.48 bits per heavy atom. The normalized spacial score (nSPS) is 30.8. The lowest BCUT2D eigenvalue weighted by Gasteiger charge is -2.28. The van der Waals surface area contributed by atoms with E-state index in [1.807, 2.05) is 38.2 Å². The third-order valence-electron chi connectivity index (χ3n) is 5.22. The highest BCUT2D eigenvalue weighted by atomic mass is 16.6. The van der Waals surface area contributed by atoms with Crippen molar-refractivity contribution < 1.29 is 24.1 Å². The van der Waals surface area contributed by atoms with E-state index in [9.17, 15) is 15.0 Å². The molecule has 1 saturated heterocycles. The van der Waals surface area contributed by atoms with Gasteiger partial charge in [-0.05, 0) is 46.8 Å². The van der Waals surface area contributed by atoms with Crippen molar-refractivity contribution in [2.75, 3.05) is 7.11 Å². The van der Waals surface area contributed by atoms with Crippen molar-refractivity contribution in [2.45, 2.75) is 58.0 Å². The molecule has 0 aromatic carbocycles. The molecule has 0 radical (unpaired) electrons. The van der Waals surface area contributed by atoms with Crippen LogP contribution in [-0.2, 0) is 4.74 Å². The summed E-state index contributed by atoms with van der Waals surface area (Å²) in [5.74, 6) is 0.934. The zero-order valence-electron chi connectivity index (χ0n) is 17.8. The van der Waals surface area contributed by atoms with Crippen molar-refractivity contribution in [1.29, 1.82) is 0 Å². The van der Waals surface area contributed by atoms with Crippen LogP contribution >= 0.6 is 0 Å². The van der Waals surface area contributed by atoms with E-state index in [0.29, 0.717) is 11.5 Å². The number of hydrogen-bond acceptors (Lipinski definition) is 6. The molecular weight excluding hydrogens is 372 g/mol. The number of methoxy groups -OCH3 is 1. The molecular formula is C23H30O6. The van der Waals surface area contributed by atoms with E-state index in [-0.39, 0.29) is 0 Å². The predicted octanol–water partition coefficient (Wildman–Crippen LogP) is 3.32. The molecule has 1 aromatic rings. The summed E-state index contributed by atoms with van der Waals surface area (Å²) in [6, 6.07) is 1.31. The lowest BCUT2D eigenvalue weighted by Crippen LogP contribution is -2.47. The van der Waals surface area contributed by atoms with Crippen LogP contribution in [0, 0.1) is 6.92 Å². The third-order valence-corrected chi connectivity index (χ3v) is 5.22. The van der Waals surface area contributed by atoms with Crippen molar-refractivity contribution >= 4 is 6.08 Å². The zero-order chi connectivity index (χ0) is 21.8. The standard InChI is InChI=1S/C23H30O6/c1-15(14-22(4)21(25)23(5,26)17(3)29-22)11-9-7-8-10-12-18-16(2)19(27-6)13-20(24)28-18/h7-14,17,21,25-26H,1-6H3/b8-7+,11-9-,12-10-,15-14-/t17-,21-,22+,23-/m0/s1. The Bertz CT molecular complexity index is 902. The second-order valence-electron chi connectivity index (χ2n) is 7.69. The molecule has 2 heterocycles. The lowest BCUT2D eigenvalue weighted by atomic mass is 9.86. The highest BCUT2D eigenvalue weighted by molar-refractivity contribution is 5.52. The zero-order valence-corrected chi connectivity index (χ0v) is 17.8. The van der Waals surface area contributed by atoms with Crippen LogP contribution in [0.5, 0.6) is 5.75 Å². The van der Waals surface area contributed by atoms with E-state index in [1.165, 1.54) is 13.2 Å². The minimum Gasteiger partial charge on any atom is -0.496 e. The highest BCUT2D eigenvalue weighted by Gasteiger charge is 2.55. The smallest absolute Gasteiger partial charge is 0.339 e. The Morgan fingerprint density at radius 1 is 1.24 bits per heavy atom. The molecule has 6 heteroatoms. The van der Waals surface area contributed by atoms with Crippen LogP contribution in [0.25, 0.3) is 6.08 Å². The summed E-state index contributed by atoms with van der Waals surface area (Å²) in [5.41, 5.74) is -1.08. The molecule has 0 aliphatic carbocycles. The van der Waals surface area contributed by atoms with Gasteiger partial charge in [0.2, 0.25) is 0 Å². The molecule has 158 valence electrons. The summed E-state index contributed by atoms with van der Waals surface area (Å²) in [6.45, 7) is 8.79. The second kappa shape index (κ2) is 8.95. The Labute approximate surface area is 171 Å². The first kappa shape index (κ1) is 22.9. The van der Waals surface area contributed by atoms with Crippen molar-refractivity contribution in [1.82, 2.24) is 0 Å². The largest absolute Gasteiger partial charge is 0.496 e. The van der Waals surface area contributed by atoms with Crippen LogP contribution in [0.1, 0.15) is 39.0 Å². The van der Waals surface area contributed by atoms with Gasteiger partial charge in [0, 0.05) is 5.56 Å². The number of rotatable bonds is 6. The Morgan fingerprint density at radius 2 is 1.90 bits per heavy atom. The summed E-state index contributed by atoms with van der Waals surface area (Å²) in [6.07, 6.45) is 11.1. The summed E-state index contributed by atoms with van der Waals surface area (Å²) in [4.78, 5) is 11.5. The number of ether oxygens (including phenoxy) is 2. The maximum atomic E-state index is 11.5. The molecule has 0 unspecified atom stereocenters. The SMILES string of the molecule is COc1cc(=O)oc(\C=C/C=C/C=C\C(C)=C/[C@@]2(C)O[C@@H](C)[C@](C)(O)[C@H]2O)c1C. The van der Waals surface area contributed by atoms with Crippen LogP contribution in [0.4, 0.5) is 0 Å². The van der Waals surface area contributed by atoms with Gasteiger partial charge in [0.05, 0.1) is 19.3 Å². The van der Waals surface area contributed by atoms with Crippen molar-refractivity contribution in [2.24, 2.45) is 0 Å². The van der Waals surface area contributed by atoms with Gasteiger partial charge < -0.3 is 24.1 Å². The molecule has 4 atom stereocenters. The van der Waals surface area contributed by atoms with Gasteiger partial charge in [-0.2, -0.15) is 0 Å². The molecule has 0 saturated carbocycles. The first-order chi connectivity index (χ1) is 13.5. The maximum absolute atomic E-state index is 11.5. The van der Waals surface area contributed by atoms with E-state index < -0.39 is 29.0 Å². The predicted molar refractivity (Wildman–Crippen MR) is 113 cm³/mol. The fourth-order valence-corrected chi connectivity index (χ4v) is 3.38. The molecule has 1 fully saturated rings. The van der Waals surface area contributed by atoms with Gasteiger partial charge in [-0.25, -0.2) is 4.79 Å². The van der Waals surface area contributed by atoms with Crippen LogP contribution in [0.2, 0.25) is 0 Å². The van der Waals surface area contributed by atoms with Crippen LogP contribution in [0.3, 0.4) is 0 Å². The number of hydrogen-bond donors (Lipinski definition) is 2. The molecule has 2 N–H and O–H groups in total. The topological polar surface area (TPSA) is 89.1 Å². The van der Waals surface area contributed by atoms with E-state index in [0.717, 1.165) is 11.1 Å². The summed E-state index contributed by atoms with van der Waals surface area (Å²) >= 11 is 0. The molecule has 6 nitrogen and oxygen atoms in total. The molecule has 0 amide bonds. The fraction of sp³-hybridized carbons (Fsp3) is 0.435. The summed E-state index contributed by atoms with van der Waals surface area (Å²) in [5, 5.41) is 20.8. The Hall–Kier alpha value is -2.41. The molecule has 0 bridgehead atoms. The Kier molecular flexibility index (Phi) is 7.06. The number of allylic oxidation sites excluding steroid dienone is 6. The van der Waals surface area contributed by atoms with Gasteiger partial charge in [-0.15, -0.1) is 0 Å². The van der Waals surface area contributed by atoms with Crippen molar-refractivity contribution in [3.05, 3.63) is 69.8 Å². The molecule has 1 aliphatic rings. The van der Waals surface area contributed by atoms with Gasteiger partial charge in [0.25, 0.3) is 0 Å². The quantitative estimate of drug-likeness (QED) is 0.710. The van der Waals surface area contributed by atoms with E-state index in [1.54, 1.807) is 39.0 Å². The minimum absolute atomic E-state index is 0.445. The number of aliphatic hydroxyl groups excluding tert-OH is 1. The lowest BCUT2D eigenvalue weighted by molar-refractivity contribution is -0.0579. The highest BCUT2D eigenvalue weighted by Crippen LogP contribution is 2.39. The van der Waals surface area contributed by atoms with Gasteiger partial charge >= 0.3 is 5.63 Å². The van der Waals surface area contributed by atoms with Crippen molar-refractivity contribution in [3.63, 3.8) is 0 Å². The van der Waals surface area contributed by atoms with E-state index >= 15 is 0 Å². The molecule has 0 spiro atoms. The van der Waals surface area contributed by atoms with Gasteiger partial charge in [-0.3, -0.25) is 0 Å². The minimum atomic E-state index is -1.30. The fourth-order valence-electron chi connectivity index (χ4n) is 3.38. The first-order valence-electron chi connectivity index (χ1n) is 9.49. The van der Waals surface area contributed by atoms with E-state index in [2.05, 4.69) is 0 Å². The van der Waals surface area contributed by atoms with Gasteiger partial charge in [-0.1, -0.05) is 36.0 Å². The third kappa shape index (κ3) is 5.15. The van der Waals surface area contributed by atoms with Gasteiger partial charge in [0.1, 0.15) is 28.8 Å². The van der Waals surface area contributed by atoms with Crippen LogP contribution < -0.4 is 10.4 Å². The molecule has 1 aliphatic heterocycles. The average Bonchev–Trinajstić information content (AvgIpc) is 2.79. The second-order valence-corrected chi connectivity index (χ2v) is 7.69. The monoisotopic (exact) mass is 402 g/mol. The summed E-state index contributed by atoms with van der Waals surface area (Å²) < 4.78 is 16.1. The van der Waals surface area contributed by atoms with Gasteiger partial charge in [0.15, 0.2) is 0 Å². The molecule has 2 rings (SSSR count). The van der Waals surface area contributed by atoms with Crippen LogP contribution in [0.15, 0.2) is 57.3 Å². The maximum Gasteiger partial charge on any atom is 0.339 e. The summed E-state index contributed by atoms with van der Waals surface area (Å²) in [7, 11) is 1.51. The van der Waals surface area contributed by atoms with E-state index in [4.69, 9.17) is 13.9 Å². The Balaban J connectivity index is 2.04. The molecule has 1 aromatic heterocycles. The average molecular weight is 402 g/mol.